The van der Waals surface area contributed by atoms with E-state index in [1.54, 1.807) is 16.8 Å². The molecule has 94 valence electrons. The van der Waals surface area contributed by atoms with E-state index >= 15 is 0 Å². The lowest BCUT2D eigenvalue weighted by Crippen LogP contribution is -2.58. The van der Waals surface area contributed by atoms with Crippen molar-refractivity contribution in [1.82, 2.24) is 15.1 Å². The number of aromatic nitrogens is 2. The number of nitrogens with one attached hydrogen (secondary N) is 1. The summed E-state index contributed by atoms with van der Waals surface area (Å²) in [6.45, 7) is 1.76. The van der Waals surface area contributed by atoms with Crippen molar-refractivity contribution in [3.63, 3.8) is 0 Å². The van der Waals surface area contributed by atoms with Crippen LogP contribution in [0.1, 0.15) is 11.3 Å². The number of hydrogen-bond donors (Lipinski definition) is 1. The van der Waals surface area contributed by atoms with Gasteiger partial charge in [-0.2, -0.15) is 5.10 Å². The highest BCUT2D eigenvalue weighted by Gasteiger charge is 2.39. The second kappa shape index (κ2) is 4.21. The lowest BCUT2D eigenvalue weighted by atomic mass is 9.72. The van der Waals surface area contributed by atoms with Crippen molar-refractivity contribution in [2.45, 2.75) is 11.8 Å². The van der Waals surface area contributed by atoms with Gasteiger partial charge in [0.2, 0.25) is 0 Å². The van der Waals surface area contributed by atoms with Gasteiger partial charge in [-0.05, 0) is 23.8 Å². The average molecular weight is 245 g/mol. The van der Waals surface area contributed by atoms with Crippen LogP contribution in [0.15, 0.2) is 36.5 Å². The number of rotatable bonds is 3. The third-order valence-electron chi connectivity index (χ3n) is 3.65. The fraction of sp³-hybridized carbons (Fsp3) is 0.357. The third kappa shape index (κ3) is 1.93. The summed E-state index contributed by atoms with van der Waals surface area (Å²) in [5.74, 6) is -0.167. The van der Waals surface area contributed by atoms with E-state index in [0.717, 1.165) is 30.8 Å². The standard InChI is InChI=1S/C14H16FN3/c1-18-6-5-13(17-18)8-14(9-16-10-14)11-3-2-4-12(15)7-11/h2-7,16H,8-10H2,1H3. The van der Waals surface area contributed by atoms with Gasteiger partial charge >= 0.3 is 0 Å². The molecule has 0 aliphatic carbocycles. The summed E-state index contributed by atoms with van der Waals surface area (Å²) in [5.41, 5.74) is 2.12. The zero-order valence-electron chi connectivity index (χ0n) is 10.4. The van der Waals surface area contributed by atoms with Gasteiger partial charge in [0.1, 0.15) is 5.82 Å². The molecule has 0 atom stereocenters. The molecule has 18 heavy (non-hydrogen) atoms. The molecule has 2 heterocycles. The smallest absolute Gasteiger partial charge is 0.123 e. The molecular formula is C14H16FN3. The molecule has 1 fully saturated rings. The molecule has 1 aromatic heterocycles. The highest BCUT2D eigenvalue weighted by Crippen LogP contribution is 2.32. The summed E-state index contributed by atoms with van der Waals surface area (Å²) >= 11 is 0. The Labute approximate surface area is 106 Å². The van der Waals surface area contributed by atoms with E-state index in [4.69, 9.17) is 0 Å². The van der Waals surface area contributed by atoms with Crippen molar-refractivity contribution in [2.75, 3.05) is 13.1 Å². The second-order valence-electron chi connectivity index (χ2n) is 5.05. The Kier molecular flexibility index (Phi) is 2.67. The van der Waals surface area contributed by atoms with Crippen LogP contribution in [0.2, 0.25) is 0 Å². The molecule has 4 heteroatoms. The van der Waals surface area contributed by atoms with Crippen molar-refractivity contribution < 1.29 is 4.39 Å². The molecule has 1 saturated heterocycles. The lowest BCUT2D eigenvalue weighted by molar-refractivity contribution is 0.271. The Morgan fingerprint density at radius 2 is 2.22 bits per heavy atom. The molecule has 1 aliphatic rings. The molecule has 1 aliphatic heterocycles. The molecular weight excluding hydrogens is 229 g/mol. The van der Waals surface area contributed by atoms with Gasteiger partial charge in [-0.15, -0.1) is 0 Å². The minimum Gasteiger partial charge on any atom is -0.315 e. The maximum Gasteiger partial charge on any atom is 0.123 e. The fourth-order valence-corrected chi connectivity index (χ4v) is 2.58. The van der Waals surface area contributed by atoms with Crippen LogP contribution < -0.4 is 5.32 Å². The van der Waals surface area contributed by atoms with E-state index in [9.17, 15) is 4.39 Å². The van der Waals surface area contributed by atoms with Crippen LogP contribution in [0.3, 0.4) is 0 Å². The van der Waals surface area contributed by atoms with Crippen LogP contribution in [0.5, 0.6) is 0 Å². The van der Waals surface area contributed by atoms with Gasteiger partial charge in [-0.3, -0.25) is 4.68 Å². The first-order valence-electron chi connectivity index (χ1n) is 6.13. The molecule has 3 nitrogen and oxygen atoms in total. The molecule has 0 saturated carbocycles. The van der Waals surface area contributed by atoms with E-state index in [2.05, 4.69) is 10.4 Å². The van der Waals surface area contributed by atoms with Gasteiger partial charge in [0.15, 0.2) is 0 Å². The molecule has 1 N–H and O–H groups in total. The van der Waals surface area contributed by atoms with Crippen LogP contribution in [-0.4, -0.2) is 22.9 Å². The van der Waals surface area contributed by atoms with Gasteiger partial charge in [0, 0.05) is 38.2 Å². The highest BCUT2D eigenvalue weighted by atomic mass is 19.1. The van der Waals surface area contributed by atoms with E-state index in [-0.39, 0.29) is 11.2 Å². The van der Waals surface area contributed by atoms with Crippen LogP contribution in [0.4, 0.5) is 4.39 Å². The Morgan fingerprint density at radius 3 is 2.78 bits per heavy atom. The minimum absolute atomic E-state index is 0.00352. The predicted octanol–water partition coefficient (Wildman–Crippen LogP) is 1.64. The number of hydrogen-bond acceptors (Lipinski definition) is 2. The van der Waals surface area contributed by atoms with Gasteiger partial charge in [0.05, 0.1) is 5.69 Å². The topological polar surface area (TPSA) is 29.9 Å². The zero-order chi connectivity index (χ0) is 12.6. The molecule has 0 amide bonds. The largest absolute Gasteiger partial charge is 0.315 e. The molecule has 2 aromatic rings. The van der Waals surface area contributed by atoms with Crippen molar-refractivity contribution >= 4 is 0 Å². The van der Waals surface area contributed by atoms with E-state index in [1.165, 1.54) is 6.07 Å². The van der Waals surface area contributed by atoms with Crippen molar-refractivity contribution in [3.05, 3.63) is 53.6 Å². The number of aryl methyl sites for hydroxylation is 1. The van der Waals surface area contributed by atoms with E-state index < -0.39 is 0 Å². The molecule has 0 bridgehead atoms. The molecule has 3 rings (SSSR count). The first-order valence-corrected chi connectivity index (χ1v) is 6.13. The monoisotopic (exact) mass is 245 g/mol. The molecule has 1 aromatic carbocycles. The predicted molar refractivity (Wildman–Crippen MR) is 67.9 cm³/mol. The summed E-state index contributed by atoms with van der Waals surface area (Å²) in [7, 11) is 1.91. The van der Waals surface area contributed by atoms with Crippen molar-refractivity contribution in [2.24, 2.45) is 7.05 Å². The highest BCUT2D eigenvalue weighted by molar-refractivity contribution is 5.32. The molecule has 0 radical (unpaired) electrons. The van der Waals surface area contributed by atoms with Gasteiger partial charge in [0.25, 0.3) is 0 Å². The number of benzene rings is 1. The van der Waals surface area contributed by atoms with Crippen LogP contribution >= 0.6 is 0 Å². The Morgan fingerprint density at radius 1 is 1.39 bits per heavy atom. The summed E-state index contributed by atoms with van der Waals surface area (Å²) in [4.78, 5) is 0. The van der Waals surface area contributed by atoms with E-state index in [1.807, 2.05) is 25.4 Å². The average Bonchev–Trinajstić information content (AvgIpc) is 2.69. The van der Waals surface area contributed by atoms with Gasteiger partial charge < -0.3 is 5.32 Å². The second-order valence-corrected chi connectivity index (χ2v) is 5.05. The quantitative estimate of drug-likeness (QED) is 0.891. The normalized spacial score (nSPS) is 17.4. The molecule has 0 spiro atoms. The summed E-state index contributed by atoms with van der Waals surface area (Å²) in [5, 5.41) is 7.71. The minimum atomic E-state index is -0.167. The van der Waals surface area contributed by atoms with Crippen LogP contribution in [0.25, 0.3) is 0 Å². The maximum atomic E-state index is 13.4. The number of nitrogens with zero attached hydrogens (tertiary/aromatic N) is 2. The van der Waals surface area contributed by atoms with Crippen molar-refractivity contribution in [1.29, 1.82) is 0 Å². The number of halogens is 1. The summed E-state index contributed by atoms with van der Waals surface area (Å²) in [6, 6.07) is 8.95. The van der Waals surface area contributed by atoms with E-state index in [0.29, 0.717) is 0 Å². The SMILES string of the molecule is Cn1ccc(CC2(c3cccc(F)c3)CNC2)n1. The first kappa shape index (κ1) is 11.4. The Hall–Kier alpha value is -1.68. The Balaban J connectivity index is 1.90. The van der Waals surface area contributed by atoms with Crippen LogP contribution in [0, 0.1) is 5.82 Å². The van der Waals surface area contributed by atoms with Gasteiger partial charge in [-0.1, -0.05) is 12.1 Å². The zero-order valence-corrected chi connectivity index (χ0v) is 10.4. The molecule has 0 unspecified atom stereocenters. The fourth-order valence-electron chi connectivity index (χ4n) is 2.58. The van der Waals surface area contributed by atoms with Crippen LogP contribution in [-0.2, 0) is 18.9 Å². The van der Waals surface area contributed by atoms with Crippen molar-refractivity contribution in [3.8, 4) is 0 Å². The summed E-state index contributed by atoms with van der Waals surface area (Å²) < 4.78 is 15.2. The Bertz CT molecular complexity index is 558. The van der Waals surface area contributed by atoms with Gasteiger partial charge in [-0.25, -0.2) is 4.39 Å². The maximum absolute atomic E-state index is 13.4. The third-order valence-corrected chi connectivity index (χ3v) is 3.65. The summed E-state index contributed by atoms with van der Waals surface area (Å²) in [6.07, 6.45) is 2.80. The lowest BCUT2D eigenvalue weighted by Gasteiger charge is -2.43. The first-order chi connectivity index (χ1) is 8.68.